The van der Waals surface area contributed by atoms with Crippen LogP contribution in [0.25, 0.3) is 6.08 Å². The molecule has 0 radical (unpaired) electrons. The maximum atomic E-state index is 13.3. The van der Waals surface area contributed by atoms with Crippen molar-refractivity contribution >= 4 is 24.0 Å². The normalized spacial score (nSPS) is 36.4. The van der Waals surface area contributed by atoms with Crippen LogP contribution in [0, 0.1) is 23.7 Å². The van der Waals surface area contributed by atoms with Crippen molar-refractivity contribution < 1.29 is 52.6 Å². The summed E-state index contributed by atoms with van der Waals surface area (Å²) in [5.41, 5.74) is 1.38. The molecule has 0 amide bonds. The first-order chi connectivity index (χ1) is 23.6. The van der Waals surface area contributed by atoms with E-state index in [1.165, 1.54) is 32.6 Å². The van der Waals surface area contributed by atoms with Crippen molar-refractivity contribution in [3.63, 3.8) is 0 Å². The summed E-state index contributed by atoms with van der Waals surface area (Å²) in [5, 5.41) is 11.0. The highest BCUT2D eigenvalue weighted by Crippen LogP contribution is 2.49. The third kappa shape index (κ3) is 8.13. The number of aliphatic hydroxyl groups excluding tert-OH is 1. The molecule has 1 fully saturated rings. The van der Waals surface area contributed by atoms with Gasteiger partial charge in [0.1, 0.15) is 17.8 Å². The predicted octanol–water partition coefficient (Wildman–Crippen LogP) is 3.81. The molecule has 0 saturated carbocycles. The summed E-state index contributed by atoms with van der Waals surface area (Å²) in [7, 11) is 3.39. The van der Waals surface area contributed by atoms with Gasteiger partial charge >= 0.3 is 17.9 Å². The molecule has 4 aliphatic rings. The van der Waals surface area contributed by atoms with Gasteiger partial charge in [0.25, 0.3) is 0 Å². The number of imidazole rings is 1. The van der Waals surface area contributed by atoms with E-state index in [2.05, 4.69) is 37.9 Å². The van der Waals surface area contributed by atoms with Crippen molar-refractivity contribution in [3.8, 4) is 0 Å². The highest BCUT2D eigenvalue weighted by molar-refractivity contribution is 5.86. The maximum Gasteiger partial charge on any atom is 0.331 e. The second kappa shape index (κ2) is 15.3. The van der Waals surface area contributed by atoms with Gasteiger partial charge in [0.2, 0.25) is 5.79 Å². The van der Waals surface area contributed by atoms with Crippen LogP contribution in [0.1, 0.15) is 60.1 Å². The number of rotatable bonds is 10. The Morgan fingerprint density at radius 3 is 2.54 bits per heavy atom. The number of hydrogen-bond donors (Lipinski definition) is 1. The number of aliphatic hydroxyl groups is 1. The smallest absolute Gasteiger partial charge is 0.331 e. The van der Waals surface area contributed by atoms with Gasteiger partial charge in [-0.05, 0) is 68.6 Å². The zero-order chi connectivity index (χ0) is 36.4. The van der Waals surface area contributed by atoms with E-state index in [-0.39, 0.29) is 31.0 Å². The highest BCUT2D eigenvalue weighted by atomic mass is 16.7. The fraction of sp³-hybridized carbons (Fsp3) is 0.622. The Hall–Kier alpha value is -3.62. The number of ether oxygens (including phenoxy) is 7. The molecule has 10 atom stereocenters. The summed E-state index contributed by atoms with van der Waals surface area (Å²) in [6, 6.07) is 0. The van der Waals surface area contributed by atoms with Gasteiger partial charge in [0.05, 0.1) is 25.2 Å². The standard InChI is InChI=1S/C37H50N2O11/c1-21(2)27-11-9-22(3)28-16-31(49-32(42)12-10-26-17-39(7)20-38-26)36(6)13-14-37(44-8,50-36)25(15-29(27)28)18-45-35-34(48-24(5)41)33(43)30(19-46-35)47-23(4)40/h9-10,12-15,17,20-21,27-31,33-35,43H,11,16,18-19H2,1-8H3/b12-10+,25-15-/t27-,28+,29-,30-,31+,33-,34+,35-,36+,37-/m1/s1. The van der Waals surface area contributed by atoms with Gasteiger partial charge in [-0.2, -0.15) is 0 Å². The lowest BCUT2D eigenvalue weighted by Gasteiger charge is -2.41. The van der Waals surface area contributed by atoms with E-state index in [1.807, 2.05) is 20.0 Å². The van der Waals surface area contributed by atoms with Crippen LogP contribution in [0.5, 0.6) is 0 Å². The van der Waals surface area contributed by atoms with Gasteiger partial charge < -0.3 is 42.8 Å². The average molecular weight is 699 g/mol. The SMILES string of the molecule is CO[C@]12C=C[C@](C)(O1)[C@@H](OC(=O)/C=C/c1cn(C)cn1)C[C@H]1C(C)=CC[C@H](C(C)C)[C@H]1/C=C\2CO[C@@H]1OC[C@@H](OC(C)=O)[C@@H](O)[C@@H]1OC(C)=O. The first-order valence-corrected chi connectivity index (χ1v) is 17.1. The number of methoxy groups -OCH3 is 1. The largest absolute Gasteiger partial charge is 0.457 e. The maximum absolute atomic E-state index is 13.3. The number of carbonyl (C=O) groups excluding carboxylic acids is 3. The Balaban J connectivity index is 1.48. The first kappa shape index (κ1) is 37.6. The number of fused-ring (bicyclic) bond motifs is 3. The third-order valence-corrected chi connectivity index (χ3v) is 10.2. The molecule has 5 rings (SSSR count). The minimum Gasteiger partial charge on any atom is -0.457 e. The number of allylic oxidation sites excluding steroid dienone is 3. The van der Waals surface area contributed by atoms with Crippen LogP contribution >= 0.6 is 0 Å². The number of esters is 3. The van der Waals surface area contributed by atoms with Crippen LogP contribution in [0.15, 0.2) is 54.1 Å². The van der Waals surface area contributed by atoms with Gasteiger partial charge in [-0.3, -0.25) is 9.59 Å². The van der Waals surface area contributed by atoms with Crippen molar-refractivity contribution in [2.45, 2.75) is 96.5 Å². The molecular weight excluding hydrogens is 648 g/mol. The lowest BCUT2D eigenvalue weighted by molar-refractivity contribution is -0.279. The molecule has 13 heteroatoms. The number of nitrogens with zero attached hydrogens (tertiary/aromatic N) is 2. The van der Waals surface area contributed by atoms with Crippen LogP contribution in [0.2, 0.25) is 0 Å². The summed E-state index contributed by atoms with van der Waals surface area (Å²) < 4.78 is 43.7. The molecule has 13 nitrogen and oxygen atoms in total. The van der Waals surface area contributed by atoms with E-state index in [0.29, 0.717) is 23.6 Å². The Bertz CT molecular complexity index is 1540. The number of carbonyl (C=O) groups is 3. The van der Waals surface area contributed by atoms with Crippen molar-refractivity contribution in [1.82, 2.24) is 9.55 Å². The van der Waals surface area contributed by atoms with Crippen molar-refractivity contribution in [2.24, 2.45) is 30.7 Å². The number of hydrogen-bond acceptors (Lipinski definition) is 12. The second-order valence-electron chi connectivity index (χ2n) is 14.1. The van der Waals surface area contributed by atoms with Gasteiger partial charge in [-0.1, -0.05) is 31.6 Å². The Kier molecular flexibility index (Phi) is 11.5. The molecule has 2 bridgehead atoms. The van der Waals surface area contributed by atoms with Gasteiger partial charge in [0, 0.05) is 45.9 Å². The summed E-state index contributed by atoms with van der Waals surface area (Å²) in [4.78, 5) is 41.2. The van der Waals surface area contributed by atoms with E-state index < -0.39 is 60.0 Å². The van der Waals surface area contributed by atoms with E-state index in [0.717, 1.165) is 6.42 Å². The molecule has 4 heterocycles. The van der Waals surface area contributed by atoms with Crippen LogP contribution in [-0.2, 0) is 54.6 Å². The summed E-state index contributed by atoms with van der Waals surface area (Å²) in [6.07, 6.45) is 10.3. The predicted molar refractivity (Wildman–Crippen MR) is 180 cm³/mol. The monoisotopic (exact) mass is 698 g/mol. The summed E-state index contributed by atoms with van der Waals surface area (Å²) in [5.74, 6) is -2.64. The lowest BCUT2D eigenvalue weighted by Crippen LogP contribution is -2.57. The van der Waals surface area contributed by atoms with Gasteiger partial charge in [-0.15, -0.1) is 0 Å². The fourth-order valence-electron chi connectivity index (χ4n) is 7.47. The van der Waals surface area contributed by atoms with Crippen LogP contribution in [0.4, 0.5) is 0 Å². The molecule has 0 spiro atoms. The van der Waals surface area contributed by atoms with Crippen LogP contribution < -0.4 is 0 Å². The van der Waals surface area contributed by atoms with Crippen molar-refractivity contribution in [1.29, 1.82) is 0 Å². The topological polar surface area (TPSA) is 154 Å². The lowest BCUT2D eigenvalue weighted by atomic mass is 9.65. The molecule has 0 unspecified atom stereocenters. The van der Waals surface area contributed by atoms with Crippen molar-refractivity contribution in [3.05, 3.63) is 59.7 Å². The Labute approximate surface area is 293 Å². The molecule has 0 aromatic carbocycles. The minimum atomic E-state index is -1.40. The zero-order valence-electron chi connectivity index (χ0n) is 30.1. The molecule has 1 saturated heterocycles. The zero-order valence-corrected chi connectivity index (χ0v) is 30.1. The van der Waals surface area contributed by atoms with Gasteiger partial charge in [-0.25, -0.2) is 9.78 Å². The molecule has 1 N–H and O–H groups in total. The van der Waals surface area contributed by atoms with Crippen LogP contribution in [0.3, 0.4) is 0 Å². The van der Waals surface area contributed by atoms with E-state index in [9.17, 15) is 19.5 Å². The molecule has 1 aromatic rings. The van der Waals surface area contributed by atoms with Gasteiger partial charge in [0.15, 0.2) is 18.5 Å². The quantitative estimate of drug-likeness (QED) is 0.164. The highest BCUT2D eigenvalue weighted by Gasteiger charge is 2.54. The molecule has 1 aromatic heterocycles. The molecule has 3 aliphatic heterocycles. The number of aryl methyl sites for hydroxylation is 1. The molecular formula is C37H50N2O11. The third-order valence-electron chi connectivity index (χ3n) is 10.2. The van der Waals surface area contributed by atoms with Crippen molar-refractivity contribution in [2.75, 3.05) is 20.3 Å². The van der Waals surface area contributed by atoms with E-state index >= 15 is 0 Å². The second-order valence-corrected chi connectivity index (χ2v) is 14.1. The van der Waals surface area contributed by atoms with E-state index in [1.54, 1.807) is 29.2 Å². The minimum absolute atomic E-state index is 0.00293. The number of aromatic nitrogens is 2. The van der Waals surface area contributed by atoms with E-state index in [4.69, 9.17) is 33.2 Å². The molecule has 1 aliphatic carbocycles. The fourth-order valence-corrected chi connectivity index (χ4v) is 7.47. The summed E-state index contributed by atoms with van der Waals surface area (Å²) >= 11 is 0. The Morgan fingerprint density at radius 1 is 1.16 bits per heavy atom. The summed E-state index contributed by atoms with van der Waals surface area (Å²) in [6.45, 7) is 10.6. The van der Waals surface area contributed by atoms with Crippen LogP contribution in [-0.4, -0.2) is 95.0 Å². The first-order valence-electron chi connectivity index (χ1n) is 17.1. The average Bonchev–Trinajstić information content (AvgIpc) is 3.65. The molecule has 50 heavy (non-hydrogen) atoms. The molecule has 274 valence electrons. The Morgan fingerprint density at radius 2 is 1.90 bits per heavy atom.